The molecule has 4 aromatic rings. The Bertz CT molecular complexity index is 1470. The number of ether oxygens (including phenoxy) is 1. The molecule has 0 N–H and O–H groups in total. The number of hydrogen-bond donors (Lipinski definition) is 0. The molecule has 0 aliphatic heterocycles. The van der Waals surface area contributed by atoms with Crippen molar-refractivity contribution >= 4 is 46.3 Å². The number of carbonyl (C=O) groups is 3. The van der Waals surface area contributed by atoms with Gasteiger partial charge in [-0.15, -0.1) is 0 Å². The summed E-state index contributed by atoms with van der Waals surface area (Å²) in [5, 5.41) is 13.8. The molecule has 1 unspecified atom stereocenters. The lowest BCUT2D eigenvalue weighted by Gasteiger charge is -2.32. The van der Waals surface area contributed by atoms with Gasteiger partial charge < -0.3 is 4.74 Å². The lowest BCUT2D eigenvalue weighted by molar-refractivity contribution is -0.180. The van der Waals surface area contributed by atoms with Gasteiger partial charge in [-0.3, -0.25) is 19.2 Å². The van der Waals surface area contributed by atoms with Crippen molar-refractivity contribution in [3.63, 3.8) is 0 Å². The van der Waals surface area contributed by atoms with Crippen LogP contribution < -0.4 is 15.9 Å². The summed E-state index contributed by atoms with van der Waals surface area (Å²) in [5.41, 5.74) is 0.772. The summed E-state index contributed by atoms with van der Waals surface area (Å²) in [6.45, 7) is -3.09. The zero-order valence-electron chi connectivity index (χ0n) is 22.5. The summed E-state index contributed by atoms with van der Waals surface area (Å²) in [5.74, 6) is -1.40. The molecule has 7 nitrogen and oxygen atoms in total. The molecule has 0 heterocycles. The number of benzene rings is 4. The molecule has 0 radical (unpaired) electrons. The third-order valence-corrected chi connectivity index (χ3v) is 10.8. The monoisotopic (exact) mass is 564 g/mol. The summed E-state index contributed by atoms with van der Waals surface area (Å²) in [6, 6.07) is 38.1. The predicted octanol–water partition coefficient (Wildman–Crippen LogP) is 3.77. The van der Waals surface area contributed by atoms with Crippen molar-refractivity contribution in [3.8, 4) is 6.07 Å². The molecule has 0 fully saturated rings. The summed E-state index contributed by atoms with van der Waals surface area (Å²) < 4.78 is 5.43. The predicted molar refractivity (Wildman–Crippen MR) is 160 cm³/mol. The van der Waals surface area contributed by atoms with Crippen molar-refractivity contribution in [1.29, 1.82) is 5.26 Å². The summed E-state index contributed by atoms with van der Waals surface area (Å²) in [4.78, 5) is 44.7. The van der Waals surface area contributed by atoms with Gasteiger partial charge in [-0.1, -0.05) is 121 Å². The summed E-state index contributed by atoms with van der Waals surface area (Å²) in [7, 11) is 1.23. The highest BCUT2D eigenvalue weighted by Gasteiger charge is 2.39. The number of nitriles is 1. The fraction of sp³-hybridized carbons (Fsp3) is 0.121. The van der Waals surface area contributed by atoms with Gasteiger partial charge in [0.25, 0.3) is 0 Å². The molecule has 206 valence electrons. The van der Waals surface area contributed by atoms with Crippen molar-refractivity contribution in [2.24, 2.45) is 0 Å². The van der Waals surface area contributed by atoms with Gasteiger partial charge in [0.05, 0.1) is 13.5 Å². The van der Waals surface area contributed by atoms with Gasteiger partial charge in [0.2, 0.25) is 6.41 Å². The normalized spacial score (nSPS) is 11.5. The Morgan fingerprint density at radius 3 is 1.63 bits per heavy atom. The minimum Gasteiger partial charge on any atom is -0.461 e. The summed E-state index contributed by atoms with van der Waals surface area (Å²) >= 11 is 0. The SMILES string of the molecule is CON(C=O)C(CC(=O)OCc1ccccc1)C(=O)C(C#N)=P(c1ccccc1)(c1ccccc1)c1ccccc1. The van der Waals surface area contributed by atoms with Crippen LogP contribution in [0.25, 0.3) is 0 Å². The second kappa shape index (κ2) is 14.0. The third kappa shape index (κ3) is 6.36. The average molecular weight is 565 g/mol. The summed E-state index contributed by atoms with van der Waals surface area (Å²) in [6.07, 6.45) is -0.169. The number of amides is 1. The maximum atomic E-state index is 14.5. The van der Waals surface area contributed by atoms with Crippen LogP contribution in [0.15, 0.2) is 121 Å². The van der Waals surface area contributed by atoms with Crippen LogP contribution in [0.5, 0.6) is 0 Å². The minimum absolute atomic E-state index is 0.00153. The second-order valence-electron chi connectivity index (χ2n) is 9.02. The van der Waals surface area contributed by atoms with Gasteiger partial charge in [-0.05, 0) is 28.4 Å². The van der Waals surface area contributed by atoms with E-state index in [2.05, 4.69) is 6.07 Å². The first-order valence-electron chi connectivity index (χ1n) is 12.9. The molecule has 4 aromatic carbocycles. The van der Waals surface area contributed by atoms with Crippen molar-refractivity contribution in [2.75, 3.05) is 7.11 Å². The van der Waals surface area contributed by atoms with Crippen LogP contribution in [0.2, 0.25) is 0 Å². The van der Waals surface area contributed by atoms with E-state index in [-0.39, 0.29) is 11.9 Å². The van der Waals surface area contributed by atoms with Crippen LogP contribution in [0.1, 0.15) is 12.0 Å². The first kappa shape index (κ1) is 29.2. The van der Waals surface area contributed by atoms with Gasteiger partial charge in [-0.2, -0.15) is 5.26 Å². The van der Waals surface area contributed by atoms with E-state index < -0.39 is 31.1 Å². The topological polar surface area (TPSA) is 96.7 Å². The molecule has 4 rings (SSSR count). The molecule has 8 heteroatoms. The zero-order valence-corrected chi connectivity index (χ0v) is 23.4. The molecule has 0 aliphatic rings. The number of ketones is 1. The van der Waals surface area contributed by atoms with Gasteiger partial charge in [-0.25, -0.2) is 5.06 Å². The van der Waals surface area contributed by atoms with Gasteiger partial charge in [0, 0.05) is 0 Å². The number of hydrogen-bond acceptors (Lipinski definition) is 6. The number of carbonyl (C=O) groups excluding carboxylic acids is 3. The second-order valence-corrected chi connectivity index (χ2v) is 12.4. The van der Waals surface area contributed by atoms with Crippen LogP contribution in [-0.4, -0.2) is 41.7 Å². The maximum absolute atomic E-state index is 14.5. The standard InChI is InChI=1S/C33H29N2O5P/c1-39-35(25-36)30(22-32(37)40-24-26-14-6-2-7-15-26)33(38)31(23-34)41(27-16-8-3-9-17-27,28-18-10-4-11-19-28)29-20-12-5-13-21-29/h2-21,25,30H,22,24H2,1H3. The highest BCUT2D eigenvalue weighted by molar-refractivity contribution is 7.97. The zero-order chi connectivity index (χ0) is 29.1. The number of rotatable bonds is 12. The Morgan fingerprint density at radius 2 is 1.24 bits per heavy atom. The van der Waals surface area contributed by atoms with E-state index in [0.29, 0.717) is 6.41 Å². The van der Waals surface area contributed by atoms with E-state index >= 15 is 0 Å². The van der Waals surface area contributed by atoms with E-state index in [1.807, 2.05) is 121 Å². The fourth-order valence-electron chi connectivity index (χ4n) is 4.74. The lowest BCUT2D eigenvalue weighted by atomic mass is 10.1. The first-order chi connectivity index (χ1) is 20.1. The van der Waals surface area contributed by atoms with Crippen LogP contribution in [0.4, 0.5) is 0 Å². The van der Waals surface area contributed by atoms with E-state index in [9.17, 15) is 19.6 Å². The number of hydroxylamine groups is 2. The number of esters is 1. The molecule has 0 aromatic heterocycles. The van der Waals surface area contributed by atoms with Gasteiger partial charge in [0.1, 0.15) is 24.0 Å². The Hall–Kier alpha value is -4.76. The highest BCUT2D eigenvalue weighted by Crippen LogP contribution is 2.46. The van der Waals surface area contributed by atoms with Crippen LogP contribution >= 0.6 is 6.89 Å². The molecule has 41 heavy (non-hydrogen) atoms. The van der Waals surface area contributed by atoms with Crippen LogP contribution in [-0.2, 0) is 30.6 Å². The van der Waals surface area contributed by atoms with E-state index in [4.69, 9.17) is 9.57 Å². The number of nitrogens with zero attached hydrogens (tertiary/aromatic N) is 2. The molecular formula is C33H29N2O5P. The Labute approximate surface area is 239 Å². The van der Waals surface area contributed by atoms with E-state index in [0.717, 1.165) is 26.5 Å². The quantitative estimate of drug-likeness (QED) is 0.113. The molecule has 0 saturated carbocycles. The molecule has 1 atom stereocenters. The Balaban J connectivity index is 1.92. The Morgan fingerprint density at radius 1 is 0.805 bits per heavy atom. The molecule has 0 bridgehead atoms. The smallest absolute Gasteiger partial charge is 0.308 e. The number of Topliss-reactive ketones (excluding diaryl/α,β-unsaturated/α-hetero) is 1. The van der Waals surface area contributed by atoms with Crippen molar-refractivity contribution in [3.05, 3.63) is 127 Å². The van der Waals surface area contributed by atoms with Gasteiger partial charge in [0.15, 0.2) is 5.78 Å². The maximum Gasteiger partial charge on any atom is 0.308 e. The molecule has 1 amide bonds. The van der Waals surface area contributed by atoms with Crippen LogP contribution in [0, 0.1) is 11.3 Å². The van der Waals surface area contributed by atoms with Gasteiger partial charge >= 0.3 is 5.97 Å². The van der Waals surface area contributed by atoms with Crippen molar-refractivity contribution < 1.29 is 24.0 Å². The van der Waals surface area contributed by atoms with Crippen molar-refractivity contribution in [2.45, 2.75) is 19.1 Å². The minimum atomic E-state index is -3.08. The molecule has 0 spiro atoms. The molecule has 0 aliphatic carbocycles. The average Bonchev–Trinajstić information content (AvgIpc) is 3.04. The van der Waals surface area contributed by atoms with E-state index in [1.54, 1.807) is 0 Å². The Kier molecular flexibility index (Phi) is 10.0. The van der Waals surface area contributed by atoms with Crippen molar-refractivity contribution in [1.82, 2.24) is 5.06 Å². The molecule has 0 saturated heterocycles. The molecular weight excluding hydrogens is 535 g/mol. The largest absolute Gasteiger partial charge is 0.461 e. The van der Waals surface area contributed by atoms with E-state index in [1.165, 1.54) is 7.11 Å². The fourth-order valence-corrected chi connectivity index (χ4v) is 8.90. The van der Waals surface area contributed by atoms with Crippen LogP contribution in [0.3, 0.4) is 0 Å². The lowest BCUT2D eigenvalue weighted by Crippen LogP contribution is -2.46. The third-order valence-electron chi connectivity index (χ3n) is 6.63. The highest BCUT2D eigenvalue weighted by atomic mass is 31.2. The first-order valence-corrected chi connectivity index (χ1v) is 14.7.